The van der Waals surface area contributed by atoms with Crippen molar-refractivity contribution >= 4 is 23.2 Å². The maximum Gasteiger partial charge on any atom is 0.222 e. The van der Waals surface area contributed by atoms with Crippen molar-refractivity contribution in [2.45, 2.75) is 12.8 Å². The molecule has 0 aliphatic carbocycles. The number of amides is 1. The van der Waals surface area contributed by atoms with E-state index in [-0.39, 0.29) is 5.91 Å². The molecule has 0 bridgehead atoms. The Morgan fingerprint density at radius 2 is 2.11 bits per heavy atom. The van der Waals surface area contributed by atoms with Crippen molar-refractivity contribution in [3.05, 3.63) is 30.3 Å². The predicted octanol–water partition coefficient (Wildman–Crippen LogP) is 2.60. The summed E-state index contributed by atoms with van der Waals surface area (Å²) in [4.78, 5) is 15.9. The average molecular weight is 281 g/mol. The van der Waals surface area contributed by atoms with Gasteiger partial charge in [0.1, 0.15) is 0 Å². The number of hydrogen-bond acceptors (Lipinski definition) is 2. The van der Waals surface area contributed by atoms with Gasteiger partial charge in [0.25, 0.3) is 0 Å². The number of nitrogens with zero attached hydrogens (tertiary/aromatic N) is 2. The standard InChI is InChI=1S/C15H21ClN2O/c1-17(14-6-3-2-4-7-14)8-5-9-18-12-13(11-16)10-15(18)19/h2-4,6-7,13H,5,8-12H2,1H3. The number of anilines is 1. The van der Waals surface area contributed by atoms with Crippen molar-refractivity contribution < 1.29 is 4.79 Å². The van der Waals surface area contributed by atoms with Gasteiger partial charge in [-0.2, -0.15) is 0 Å². The van der Waals surface area contributed by atoms with Gasteiger partial charge in [-0.05, 0) is 24.5 Å². The van der Waals surface area contributed by atoms with Crippen LogP contribution in [0.2, 0.25) is 0 Å². The summed E-state index contributed by atoms with van der Waals surface area (Å²) in [5, 5.41) is 0. The zero-order chi connectivity index (χ0) is 13.7. The van der Waals surface area contributed by atoms with Crippen molar-refractivity contribution in [2.24, 2.45) is 5.92 Å². The van der Waals surface area contributed by atoms with E-state index >= 15 is 0 Å². The molecule has 104 valence electrons. The minimum absolute atomic E-state index is 0.257. The summed E-state index contributed by atoms with van der Waals surface area (Å²) in [7, 11) is 2.09. The molecule has 0 spiro atoms. The maximum atomic E-state index is 11.7. The van der Waals surface area contributed by atoms with Gasteiger partial charge in [-0.3, -0.25) is 4.79 Å². The first kappa shape index (κ1) is 14.2. The Morgan fingerprint density at radius 1 is 1.37 bits per heavy atom. The Bertz CT molecular complexity index is 410. The summed E-state index contributed by atoms with van der Waals surface area (Å²) >= 11 is 5.82. The smallest absolute Gasteiger partial charge is 0.222 e. The number of halogens is 1. The van der Waals surface area contributed by atoms with Crippen molar-refractivity contribution in [1.82, 2.24) is 4.90 Å². The second-order valence-electron chi connectivity index (χ2n) is 5.17. The highest BCUT2D eigenvalue weighted by Crippen LogP contribution is 2.19. The van der Waals surface area contributed by atoms with E-state index in [0.717, 1.165) is 26.1 Å². The number of benzene rings is 1. The summed E-state index contributed by atoms with van der Waals surface area (Å²) < 4.78 is 0. The quantitative estimate of drug-likeness (QED) is 0.748. The number of alkyl halides is 1. The van der Waals surface area contributed by atoms with Crippen LogP contribution in [0.15, 0.2) is 30.3 Å². The Hall–Kier alpha value is -1.22. The van der Waals surface area contributed by atoms with Crippen molar-refractivity contribution in [3.63, 3.8) is 0 Å². The molecule has 1 aliphatic rings. The van der Waals surface area contributed by atoms with E-state index in [2.05, 4.69) is 24.1 Å². The second-order valence-corrected chi connectivity index (χ2v) is 5.48. The molecular weight excluding hydrogens is 260 g/mol. The zero-order valence-electron chi connectivity index (χ0n) is 11.4. The lowest BCUT2D eigenvalue weighted by Crippen LogP contribution is -2.29. The van der Waals surface area contributed by atoms with Crippen LogP contribution in [0.5, 0.6) is 0 Å². The molecule has 0 radical (unpaired) electrons. The fourth-order valence-electron chi connectivity index (χ4n) is 2.48. The SMILES string of the molecule is CN(CCCN1CC(CCl)CC1=O)c1ccccc1. The van der Waals surface area contributed by atoms with E-state index < -0.39 is 0 Å². The summed E-state index contributed by atoms with van der Waals surface area (Å²) in [5.41, 5.74) is 1.22. The molecule has 1 amide bonds. The number of hydrogen-bond donors (Lipinski definition) is 0. The van der Waals surface area contributed by atoms with Gasteiger partial charge in [-0.25, -0.2) is 0 Å². The van der Waals surface area contributed by atoms with Crippen molar-refractivity contribution in [3.8, 4) is 0 Å². The summed E-state index contributed by atoms with van der Waals surface area (Å²) in [6, 6.07) is 10.3. The molecule has 1 aromatic carbocycles. The maximum absolute atomic E-state index is 11.7. The van der Waals surface area contributed by atoms with Gasteiger partial charge in [0.05, 0.1) is 0 Å². The number of carbonyl (C=O) groups excluding carboxylic acids is 1. The first-order valence-corrected chi connectivity index (χ1v) is 7.34. The zero-order valence-corrected chi connectivity index (χ0v) is 12.1. The third kappa shape index (κ3) is 3.87. The predicted molar refractivity (Wildman–Crippen MR) is 79.7 cm³/mol. The highest BCUT2D eigenvalue weighted by atomic mass is 35.5. The molecule has 0 aromatic heterocycles. The molecule has 4 heteroatoms. The lowest BCUT2D eigenvalue weighted by molar-refractivity contribution is -0.127. The normalized spacial score (nSPS) is 18.9. The van der Waals surface area contributed by atoms with Crippen LogP contribution in [0.1, 0.15) is 12.8 Å². The lowest BCUT2D eigenvalue weighted by atomic mass is 10.1. The van der Waals surface area contributed by atoms with Crippen LogP contribution >= 0.6 is 11.6 Å². The molecule has 1 fully saturated rings. The van der Waals surface area contributed by atoms with Crippen LogP contribution < -0.4 is 4.90 Å². The molecule has 3 nitrogen and oxygen atoms in total. The Labute approximate surface area is 120 Å². The minimum atomic E-state index is 0.257. The number of rotatable bonds is 6. The summed E-state index contributed by atoms with van der Waals surface area (Å²) in [5.74, 6) is 1.20. The molecule has 0 saturated carbocycles. The Balaban J connectivity index is 1.74. The molecule has 1 saturated heterocycles. The molecule has 2 rings (SSSR count). The lowest BCUT2D eigenvalue weighted by Gasteiger charge is -2.22. The third-order valence-corrected chi connectivity index (χ3v) is 4.07. The highest BCUT2D eigenvalue weighted by Gasteiger charge is 2.28. The molecule has 1 heterocycles. The van der Waals surface area contributed by atoms with Gasteiger partial charge in [0.15, 0.2) is 0 Å². The summed E-state index contributed by atoms with van der Waals surface area (Å²) in [6.07, 6.45) is 1.62. The molecule has 1 aliphatic heterocycles. The van der Waals surface area contributed by atoms with E-state index in [0.29, 0.717) is 18.2 Å². The van der Waals surface area contributed by atoms with E-state index in [1.54, 1.807) is 0 Å². The van der Waals surface area contributed by atoms with E-state index in [1.165, 1.54) is 5.69 Å². The van der Waals surface area contributed by atoms with Crippen molar-refractivity contribution in [2.75, 3.05) is 37.5 Å². The third-order valence-electron chi connectivity index (χ3n) is 3.63. The molecule has 1 unspecified atom stereocenters. The topological polar surface area (TPSA) is 23.6 Å². The van der Waals surface area contributed by atoms with E-state index in [4.69, 9.17) is 11.6 Å². The van der Waals surface area contributed by atoms with Crippen LogP contribution in [0.4, 0.5) is 5.69 Å². The molecular formula is C15H21ClN2O. The number of likely N-dealkylation sites (tertiary alicyclic amines) is 1. The van der Waals surface area contributed by atoms with Gasteiger partial charge in [0.2, 0.25) is 5.91 Å². The van der Waals surface area contributed by atoms with Gasteiger partial charge < -0.3 is 9.80 Å². The monoisotopic (exact) mass is 280 g/mol. The Kier molecular flexibility index (Phi) is 5.08. The second kappa shape index (κ2) is 6.80. The van der Waals surface area contributed by atoms with Crippen LogP contribution in [-0.2, 0) is 4.79 Å². The molecule has 1 aromatic rings. The number of carbonyl (C=O) groups is 1. The van der Waals surface area contributed by atoms with Crippen LogP contribution in [0.25, 0.3) is 0 Å². The van der Waals surface area contributed by atoms with E-state index in [9.17, 15) is 4.79 Å². The van der Waals surface area contributed by atoms with Gasteiger partial charge in [-0.15, -0.1) is 11.6 Å². The van der Waals surface area contributed by atoms with Crippen LogP contribution in [0.3, 0.4) is 0 Å². The fourth-order valence-corrected chi connectivity index (χ4v) is 2.69. The summed E-state index contributed by atoms with van der Waals surface area (Å²) in [6.45, 7) is 2.63. The van der Waals surface area contributed by atoms with Gasteiger partial charge in [0, 0.05) is 44.7 Å². The first-order chi connectivity index (χ1) is 9.20. The highest BCUT2D eigenvalue weighted by molar-refractivity contribution is 6.18. The average Bonchev–Trinajstić information content (AvgIpc) is 2.80. The minimum Gasteiger partial charge on any atom is -0.375 e. The molecule has 19 heavy (non-hydrogen) atoms. The van der Waals surface area contributed by atoms with Crippen LogP contribution in [0, 0.1) is 5.92 Å². The van der Waals surface area contributed by atoms with E-state index in [1.807, 2.05) is 23.1 Å². The van der Waals surface area contributed by atoms with Gasteiger partial charge >= 0.3 is 0 Å². The van der Waals surface area contributed by atoms with Crippen molar-refractivity contribution in [1.29, 1.82) is 0 Å². The fraction of sp³-hybridized carbons (Fsp3) is 0.533. The number of para-hydroxylation sites is 1. The first-order valence-electron chi connectivity index (χ1n) is 6.80. The van der Waals surface area contributed by atoms with Crippen LogP contribution in [-0.4, -0.2) is 43.4 Å². The van der Waals surface area contributed by atoms with Gasteiger partial charge in [-0.1, -0.05) is 18.2 Å². The largest absolute Gasteiger partial charge is 0.375 e. The molecule has 0 N–H and O–H groups in total. The Morgan fingerprint density at radius 3 is 2.74 bits per heavy atom. The molecule has 1 atom stereocenters.